The molecule has 0 bridgehead atoms. The van der Waals surface area contributed by atoms with E-state index in [4.69, 9.17) is 0 Å². The standard InChI is InChI=1S/C10H8FNO5S/c1-17-10(14)8-9(13)6-3-2-5(11)4-7(6)18(15,16)12-8/h2-4,8,12H,1H3. The molecule has 0 radical (unpaired) electrons. The average Bonchev–Trinajstić information content (AvgIpc) is 2.33. The van der Waals surface area contributed by atoms with Crippen LogP contribution in [-0.2, 0) is 19.6 Å². The first-order chi connectivity index (χ1) is 8.36. The van der Waals surface area contributed by atoms with E-state index < -0.39 is 38.5 Å². The number of hydrogen-bond acceptors (Lipinski definition) is 5. The van der Waals surface area contributed by atoms with Crippen LogP contribution in [0.25, 0.3) is 0 Å². The number of carbonyl (C=O) groups is 2. The minimum Gasteiger partial charge on any atom is -0.467 e. The molecular weight excluding hydrogens is 265 g/mol. The van der Waals surface area contributed by atoms with E-state index in [2.05, 4.69) is 4.74 Å². The van der Waals surface area contributed by atoms with Crippen LogP contribution in [0.3, 0.4) is 0 Å². The lowest BCUT2D eigenvalue weighted by Crippen LogP contribution is -2.50. The summed E-state index contributed by atoms with van der Waals surface area (Å²) in [6.07, 6.45) is 0. The van der Waals surface area contributed by atoms with Crippen LogP contribution in [0.4, 0.5) is 4.39 Å². The lowest BCUT2D eigenvalue weighted by atomic mass is 10.0. The van der Waals surface area contributed by atoms with Gasteiger partial charge >= 0.3 is 5.97 Å². The summed E-state index contributed by atoms with van der Waals surface area (Å²) in [5.41, 5.74) is -0.231. The van der Waals surface area contributed by atoms with Crippen molar-refractivity contribution in [2.24, 2.45) is 0 Å². The maximum Gasteiger partial charge on any atom is 0.332 e. The highest BCUT2D eigenvalue weighted by molar-refractivity contribution is 7.89. The number of rotatable bonds is 1. The van der Waals surface area contributed by atoms with Crippen molar-refractivity contribution in [2.75, 3.05) is 7.11 Å². The van der Waals surface area contributed by atoms with Crippen LogP contribution in [0, 0.1) is 5.82 Å². The second-order valence-electron chi connectivity index (χ2n) is 3.58. The number of fused-ring (bicyclic) bond motifs is 1. The number of hydrogen-bond donors (Lipinski definition) is 1. The molecule has 1 heterocycles. The van der Waals surface area contributed by atoms with Gasteiger partial charge in [-0.05, 0) is 18.2 Å². The number of ether oxygens (including phenoxy) is 1. The van der Waals surface area contributed by atoms with Gasteiger partial charge in [-0.1, -0.05) is 0 Å². The van der Waals surface area contributed by atoms with E-state index in [9.17, 15) is 22.4 Å². The van der Waals surface area contributed by atoms with Crippen molar-refractivity contribution in [1.29, 1.82) is 0 Å². The molecule has 6 nitrogen and oxygen atoms in total. The Balaban J connectivity index is 2.62. The number of carbonyl (C=O) groups excluding carboxylic acids is 2. The van der Waals surface area contributed by atoms with Crippen molar-refractivity contribution in [3.8, 4) is 0 Å². The fourth-order valence-corrected chi connectivity index (χ4v) is 2.99. The van der Waals surface area contributed by atoms with Crippen molar-refractivity contribution < 1.29 is 27.1 Å². The third-order valence-electron chi connectivity index (χ3n) is 2.47. The van der Waals surface area contributed by atoms with E-state index in [1.54, 1.807) is 0 Å². The highest BCUT2D eigenvalue weighted by Crippen LogP contribution is 2.24. The Hall–Kier alpha value is -1.80. The Morgan fingerprint density at radius 2 is 2.11 bits per heavy atom. The minimum atomic E-state index is -4.11. The molecule has 18 heavy (non-hydrogen) atoms. The summed E-state index contributed by atoms with van der Waals surface area (Å²) in [6, 6.07) is 1.08. The van der Waals surface area contributed by atoms with Crippen LogP contribution >= 0.6 is 0 Å². The van der Waals surface area contributed by atoms with Crippen LogP contribution in [0.1, 0.15) is 10.4 Å². The van der Waals surface area contributed by atoms with Gasteiger partial charge in [0.05, 0.1) is 12.0 Å². The van der Waals surface area contributed by atoms with Gasteiger partial charge in [0.1, 0.15) is 5.82 Å². The summed E-state index contributed by atoms with van der Waals surface area (Å²) in [7, 11) is -3.08. The van der Waals surface area contributed by atoms with Crippen LogP contribution in [0.5, 0.6) is 0 Å². The molecule has 96 valence electrons. The number of benzene rings is 1. The van der Waals surface area contributed by atoms with E-state index >= 15 is 0 Å². The molecule has 1 N–H and O–H groups in total. The van der Waals surface area contributed by atoms with E-state index in [1.165, 1.54) is 0 Å². The number of Topliss-reactive ketones (excluding diaryl/α,β-unsaturated/α-hetero) is 1. The lowest BCUT2D eigenvalue weighted by Gasteiger charge is -2.22. The van der Waals surface area contributed by atoms with E-state index in [1.807, 2.05) is 4.72 Å². The summed E-state index contributed by atoms with van der Waals surface area (Å²) >= 11 is 0. The number of methoxy groups -OCH3 is 1. The minimum absolute atomic E-state index is 0.231. The molecule has 0 fully saturated rings. The molecular formula is C10H8FNO5S. The van der Waals surface area contributed by atoms with Gasteiger partial charge < -0.3 is 4.74 Å². The van der Waals surface area contributed by atoms with Gasteiger partial charge in [0, 0.05) is 5.56 Å². The molecule has 2 rings (SSSR count). The van der Waals surface area contributed by atoms with Crippen LogP contribution in [0.15, 0.2) is 23.1 Å². The first-order valence-electron chi connectivity index (χ1n) is 4.81. The molecule has 1 aliphatic rings. The van der Waals surface area contributed by atoms with Crippen LogP contribution in [0.2, 0.25) is 0 Å². The van der Waals surface area contributed by atoms with Gasteiger partial charge in [-0.15, -0.1) is 0 Å². The van der Waals surface area contributed by atoms with Crippen molar-refractivity contribution >= 4 is 21.8 Å². The van der Waals surface area contributed by atoms with E-state index in [0.29, 0.717) is 0 Å². The van der Waals surface area contributed by atoms with Crippen molar-refractivity contribution in [1.82, 2.24) is 4.72 Å². The molecule has 1 aromatic rings. The number of nitrogens with one attached hydrogen (secondary N) is 1. The Kier molecular flexibility index (Phi) is 2.91. The van der Waals surface area contributed by atoms with Gasteiger partial charge in [-0.2, -0.15) is 4.72 Å². The quantitative estimate of drug-likeness (QED) is 0.567. The predicted octanol–water partition coefficient (Wildman–Crippen LogP) is -0.158. The van der Waals surface area contributed by atoms with Crippen molar-refractivity contribution in [3.05, 3.63) is 29.6 Å². The maximum absolute atomic E-state index is 13.0. The zero-order valence-electron chi connectivity index (χ0n) is 9.14. The summed E-state index contributed by atoms with van der Waals surface area (Å²) in [5.74, 6) is -2.58. The third-order valence-corrected chi connectivity index (χ3v) is 3.93. The highest BCUT2D eigenvalue weighted by Gasteiger charge is 2.41. The molecule has 0 spiro atoms. The van der Waals surface area contributed by atoms with Gasteiger partial charge in [-0.3, -0.25) is 4.79 Å². The Bertz CT molecular complexity index is 640. The molecule has 1 aromatic carbocycles. The van der Waals surface area contributed by atoms with E-state index in [0.717, 1.165) is 25.3 Å². The predicted molar refractivity (Wildman–Crippen MR) is 56.9 cm³/mol. The molecule has 0 saturated heterocycles. The molecule has 8 heteroatoms. The summed E-state index contributed by atoms with van der Waals surface area (Å²) in [6.45, 7) is 0. The fourth-order valence-electron chi connectivity index (χ4n) is 1.62. The first kappa shape index (κ1) is 12.7. The van der Waals surface area contributed by atoms with Crippen molar-refractivity contribution in [2.45, 2.75) is 10.9 Å². The molecule has 1 unspecified atom stereocenters. The van der Waals surface area contributed by atoms with Crippen LogP contribution < -0.4 is 4.72 Å². The zero-order chi connectivity index (χ0) is 13.5. The second kappa shape index (κ2) is 4.14. The monoisotopic (exact) mass is 273 g/mol. The molecule has 0 aromatic heterocycles. The summed E-state index contributed by atoms with van der Waals surface area (Å²) < 4.78 is 42.7. The number of esters is 1. The Morgan fingerprint density at radius 1 is 1.44 bits per heavy atom. The largest absolute Gasteiger partial charge is 0.467 e. The summed E-state index contributed by atoms with van der Waals surface area (Å²) in [5, 5.41) is 0. The maximum atomic E-state index is 13.0. The fraction of sp³-hybridized carbons (Fsp3) is 0.200. The molecule has 0 aliphatic carbocycles. The number of sulfonamides is 1. The van der Waals surface area contributed by atoms with Gasteiger partial charge in [-0.25, -0.2) is 17.6 Å². The smallest absolute Gasteiger partial charge is 0.332 e. The normalized spacial score (nSPS) is 21.2. The number of halogens is 1. The zero-order valence-corrected chi connectivity index (χ0v) is 9.95. The van der Waals surface area contributed by atoms with Crippen molar-refractivity contribution in [3.63, 3.8) is 0 Å². The topological polar surface area (TPSA) is 89.5 Å². The first-order valence-corrected chi connectivity index (χ1v) is 6.29. The second-order valence-corrected chi connectivity index (χ2v) is 5.26. The van der Waals surface area contributed by atoms with Gasteiger partial charge in [0.25, 0.3) is 0 Å². The number of ketones is 1. The summed E-state index contributed by atoms with van der Waals surface area (Å²) in [4.78, 5) is 22.7. The van der Waals surface area contributed by atoms with Gasteiger partial charge in [0.2, 0.25) is 10.0 Å². The molecule has 1 atom stereocenters. The molecule has 0 saturated carbocycles. The van der Waals surface area contributed by atoms with E-state index in [-0.39, 0.29) is 5.56 Å². The SMILES string of the molecule is COC(=O)C1NS(=O)(=O)c2cc(F)ccc2C1=O. The lowest BCUT2D eigenvalue weighted by molar-refractivity contribution is -0.141. The van der Waals surface area contributed by atoms with Gasteiger partial charge in [0.15, 0.2) is 11.8 Å². The molecule has 1 aliphatic heterocycles. The highest BCUT2D eigenvalue weighted by atomic mass is 32.2. The molecule has 0 amide bonds. The Morgan fingerprint density at radius 3 is 2.72 bits per heavy atom. The van der Waals surface area contributed by atoms with Crippen LogP contribution in [-0.4, -0.2) is 33.3 Å². The average molecular weight is 273 g/mol. The third kappa shape index (κ3) is 1.89. The Labute approximate surface area is 102 Å².